The van der Waals surface area contributed by atoms with Crippen LogP contribution in [0, 0.1) is 3.95 Å². The first-order valence-corrected chi connectivity index (χ1v) is 8.28. The van der Waals surface area contributed by atoms with Gasteiger partial charge in [0.15, 0.2) is 3.95 Å². The van der Waals surface area contributed by atoms with Crippen LogP contribution in [0.25, 0.3) is 6.08 Å². The molecule has 1 saturated heterocycles. The standard InChI is InChI=1S/C13H12N2O2S4/c1-14-8(10(16)20-12(14)18)6-4-3-5-7-9-11(17)21-13(19)15(9)2/h3-7,16H,1-2H3/p-1/b5-3?,6-4?,9-7+. The summed E-state index contributed by atoms with van der Waals surface area (Å²) >= 11 is 12.2. The third kappa shape index (κ3) is 3.52. The Balaban J connectivity index is 2.09. The fraction of sp³-hybridized carbons (Fsp3) is 0.154. The molecule has 4 nitrogen and oxygen atoms in total. The predicted molar refractivity (Wildman–Crippen MR) is 92.8 cm³/mol. The lowest BCUT2D eigenvalue weighted by Crippen LogP contribution is -2.15. The van der Waals surface area contributed by atoms with Gasteiger partial charge in [-0.15, -0.1) is 11.3 Å². The zero-order chi connectivity index (χ0) is 15.6. The molecule has 0 N–H and O–H groups in total. The number of carbonyl (C=O) groups is 1. The molecule has 1 aromatic rings. The summed E-state index contributed by atoms with van der Waals surface area (Å²) < 4.78 is 2.78. The number of carbonyl (C=O) groups excluding carboxylic acids is 1. The lowest BCUT2D eigenvalue weighted by Gasteiger charge is -2.08. The molecule has 2 rings (SSSR count). The molecule has 0 aromatic carbocycles. The average Bonchev–Trinajstić information content (AvgIpc) is 2.80. The number of thiocarbonyl (C=S) groups is 1. The van der Waals surface area contributed by atoms with Crippen molar-refractivity contribution in [3.8, 4) is 5.06 Å². The van der Waals surface area contributed by atoms with E-state index in [-0.39, 0.29) is 10.2 Å². The van der Waals surface area contributed by atoms with E-state index in [4.69, 9.17) is 24.4 Å². The van der Waals surface area contributed by atoms with Crippen molar-refractivity contribution < 1.29 is 9.90 Å². The molecule has 0 saturated carbocycles. The van der Waals surface area contributed by atoms with Gasteiger partial charge < -0.3 is 14.6 Å². The highest BCUT2D eigenvalue weighted by Crippen LogP contribution is 2.27. The first-order valence-electron chi connectivity index (χ1n) is 5.83. The third-order valence-corrected chi connectivity index (χ3v) is 5.51. The maximum absolute atomic E-state index is 11.6. The number of thioether (sulfide) groups is 1. The van der Waals surface area contributed by atoms with Crippen LogP contribution in [0.15, 0.2) is 30.0 Å². The Labute approximate surface area is 141 Å². The zero-order valence-corrected chi connectivity index (χ0v) is 14.5. The van der Waals surface area contributed by atoms with Crippen molar-refractivity contribution in [2.75, 3.05) is 7.05 Å². The van der Waals surface area contributed by atoms with Gasteiger partial charge in [-0.3, -0.25) is 4.79 Å². The van der Waals surface area contributed by atoms with Crippen molar-refractivity contribution in [1.29, 1.82) is 0 Å². The van der Waals surface area contributed by atoms with E-state index in [1.165, 1.54) is 0 Å². The van der Waals surface area contributed by atoms with Crippen molar-refractivity contribution >= 4 is 63.0 Å². The second kappa shape index (κ2) is 6.69. The van der Waals surface area contributed by atoms with Crippen LogP contribution in [0.3, 0.4) is 0 Å². The summed E-state index contributed by atoms with van der Waals surface area (Å²) in [5.41, 5.74) is 1.10. The van der Waals surface area contributed by atoms with Crippen LogP contribution < -0.4 is 5.11 Å². The van der Waals surface area contributed by atoms with Gasteiger partial charge in [-0.1, -0.05) is 30.4 Å². The van der Waals surface area contributed by atoms with Crippen molar-refractivity contribution in [3.63, 3.8) is 0 Å². The summed E-state index contributed by atoms with van der Waals surface area (Å²) in [6.45, 7) is 0. The predicted octanol–water partition coefficient (Wildman–Crippen LogP) is 2.83. The molecule has 8 heteroatoms. The molecule has 0 atom stereocenters. The second-order valence-corrected chi connectivity index (χ2v) is 7.32. The van der Waals surface area contributed by atoms with Gasteiger partial charge in [0.05, 0.1) is 5.70 Å². The van der Waals surface area contributed by atoms with Crippen LogP contribution in [0.5, 0.6) is 5.06 Å². The first kappa shape index (κ1) is 16.2. The minimum atomic E-state index is -0.0574. The molecule has 1 aliphatic heterocycles. The monoisotopic (exact) mass is 355 g/mol. The van der Waals surface area contributed by atoms with Gasteiger partial charge in [0.25, 0.3) is 0 Å². The van der Waals surface area contributed by atoms with Crippen LogP contribution in [0.4, 0.5) is 0 Å². The molecule has 110 valence electrons. The largest absolute Gasteiger partial charge is 0.864 e. The Morgan fingerprint density at radius 1 is 1.19 bits per heavy atom. The number of hydrogen-bond acceptors (Lipinski definition) is 6. The van der Waals surface area contributed by atoms with Crippen molar-refractivity contribution in [2.24, 2.45) is 7.05 Å². The van der Waals surface area contributed by atoms with Crippen molar-refractivity contribution in [1.82, 2.24) is 9.47 Å². The molecule has 0 bridgehead atoms. The Morgan fingerprint density at radius 3 is 2.43 bits per heavy atom. The maximum atomic E-state index is 11.6. The lowest BCUT2D eigenvalue weighted by atomic mass is 10.3. The van der Waals surface area contributed by atoms with Crippen LogP contribution in [0.1, 0.15) is 5.69 Å². The summed E-state index contributed by atoms with van der Waals surface area (Å²) in [6.07, 6.45) is 8.62. The van der Waals surface area contributed by atoms with Gasteiger partial charge in [-0.2, -0.15) is 0 Å². The Kier molecular flexibility index (Phi) is 5.15. The molecule has 0 aliphatic carbocycles. The number of likely N-dealkylation sites (N-methyl/N-ethyl adjacent to an activating group) is 1. The van der Waals surface area contributed by atoms with E-state index in [0.29, 0.717) is 19.7 Å². The fourth-order valence-electron chi connectivity index (χ4n) is 1.59. The molecule has 1 fully saturated rings. The van der Waals surface area contributed by atoms with Gasteiger partial charge in [-0.25, -0.2) is 0 Å². The van der Waals surface area contributed by atoms with E-state index >= 15 is 0 Å². The summed E-state index contributed by atoms with van der Waals surface area (Å²) in [5.74, 6) is 0. The number of thiazole rings is 1. The molecule has 0 amide bonds. The van der Waals surface area contributed by atoms with Crippen LogP contribution in [-0.4, -0.2) is 26.0 Å². The van der Waals surface area contributed by atoms with Crippen LogP contribution >= 0.6 is 47.5 Å². The minimum Gasteiger partial charge on any atom is -0.864 e. The average molecular weight is 356 g/mol. The number of aromatic nitrogens is 1. The smallest absolute Gasteiger partial charge is 0.242 e. The quantitative estimate of drug-likeness (QED) is 0.472. The molecular weight excluding hydrogens is 344 g/mol. The van der Waals surface area contributed by atoms with Gasteiger partial charge in [0.2, 0.25) is 5.12 Å². The van der Waals surface area contributed by atoms with E-state index < -0.39 is 0 Å². The number of hydrogen-bond donors (Lipinski definition) is 0. The third-order valence-electron chi connectivity index (χ3n) is 2.78. The normalized spacial score (nSPS) is 18.0. The molecule has 21 heavy (non-hydrogen) atoms. The molecule has 0 radical (unpaired) electrons. The summed E-state index contributed by atoms with van der Waals surface area (Å²) in [5, 5.41) is 11.5. The minimum absolute atomic E-state index is 0.0574. The van der Waals surface area contributed by atoms with Crippen molar-refractivity contribution in [3.05, 3.63) is 39.6 Å². The lowest BCUT2D eigenvalue weighted by molar-refractivity contribution is -0.262. The summed E-state index contributed by atoms with van der Waals surface area (Å²) in [6, 6.07) is 0. The van der Waals surface area contributed by atoms with E-state index in [0.717, 1.165) is 23.1 Å². The Hall–Kier alpha value is -1.22. The van der Waals surface area contributed by atoms with Gasteiger partial charge >= 0.3 is 0 Å². The van der Waals surface area contributed by atoms with Crippen LogP contribution in [-0.2, 0) is 11.8 Å². The number of allylic oxidation sites excluding steroid dienone is 4. The molecule has 0 unspecified atom stereocenters. The van der Waals surface area contributed by atoms with E-state index in [1.54, 1.807) is 53.9 Å². The summed E-state index contributed by atoms with van der Waals surface area (Å²) in [7, 11) is 3.52. The van der Waals surface area contributed by atoms with E-state index in [1.807, 2.05) is 0 Å². The van der Waals surface area contributed by atoms with Crippen LogP contribution in [0.2, 0.25) is 0 Å². The topological polar surface area (TPSA) is 48.3 Å². The highest BCUT2D eigenvalue weighted by molar-refractivity contribution is 8.33. The molecule has 0 spiro atoms. The van der Waals surface area contributed by atoms with Gasteiger partial charge in [-0.05, 0) is 41.2 Å². The Bertz CT molecular complexity index is 740. The fourth-order valence-corrected chi connectivity index (χ4v) is 3.65. The highest BCUT2D eigenvalue weighted by atomic mass is 32.2. The molecule has 1 aromatic heterocycles. The molecule has 1 aliphatic rings. The Morgan fingerprint density at radius 2 is 1.90 bits per heavy atom. The van der Waals surface area contributed by atoms with E-state index in [9.17, 15) is 9.90 Å². The first-order chi connectivity index (χ1) is 9.91. The summed E-state index contributed by atoms with van der Waals surface area (Å²) in [4.78, 5) is 13.3. The molecule has 2 heterocycles. The highest BCUT2D eigenvalue weighted by Gasteiger charge is 2.27. The second-order valence-electron chi connectivity index (χ2n) is 4.11. The number of rotatable bonds is 3. The van der Waals surface area contributed by atoms with Gasteiger partial charge in [0, 0.05) is 19.8 Å². The van der Waals surface area contributed by atoms with Gasteiger partial charge in [0.1, 0.15) is 4.32 Å². The maximum Gasteiger partial charge on any atom is 0.242 e. The van der Waals surface area contributed by atoms with Crippen molar-refractivity contribution in [2.45, 2.75) is 0 Å². The SMILES string of the molecule is CN1C(=S)SC(=O)/C1=C\C=CC=Cc1c([O-])sc(=S)n1C. The van der Waals surface area contributed by atoms with E-state index in [2.05, 4.69) is 0 Å². The molecular formula is C13H11N2O2S4-. The zero-order valence-electron chi connectivity index (χ0n) is 11.2. The number of nitrogens with zero attached hydrogens (tertiary/aromatic N) is 2.